The van der Waals surface area contributed by atoms with Gasteiger partial charge in [-0.3, -0.25) is 9.59 Å². The summed E-state index contributed by atoms with van der Waals surface area (Å²) in [5.41, 5.74) is 1.31. The number of benzene rings is 1. The Hall–Kier alpha value is -2.34. The molecule has 0 radical (unpaired) electrons. The number of hydrogen-bond donors (Lipinski definition) is 1. The number of H-pyrrole nitrogens is 1. The predicted octanol–water partition coefficient (Wildman–Crippen LogP) is 3.16. The second-order valence-corrected chi connectivity index (χ2v) is 7.41. The monoisotopic (exact) mass is 360 g/mol. The van der Waals surface area contributed by atoms with E-state index >= 15 is 0 Å². The van der Waals surface area contributed by atoms with Crippen molar-refractivity contribution in [3.05, 3.63) is 30.0 Å². The lowest BCUT2D eigenvalue weighted by Crippen LogP contribution is -2.30. The van der Waals surface area contributed by atoms with E-state index in [-0.39, 0.29) is 18.5 Å². The van der Waals surface area contributed by atoms with E-state index in [4.69, 9.17) is 9.47 Å². The van der Waals surface area contributed by atoms with Gasteiger partial charge in [-0.2, -0.15) is 0 Å². The van der Waals surface area contributed by atoms with Crippen LogP contribution in [0.3, 0.4) is 0 Å². The molecule has 0 aliphatic carbocycles. The van der Waals surface area contributed by atoms with E-state index in [9.17, 15) is 9.59 Å². The average molecular weight is 360 g/mol. The first-order valence-corrected chi connectivity index (χ1v) is 8.80. The molecule has 1 aromatic heterocycles. The van der Waals surface area contributed by atoms with E-state index in [1.54, 1.807) is 13.8 Å². The standard InChI is InChI=1S/C20H28N2O4/c1-14(23)25-12-10-20(2,3)19(24)26-17-8-6-7-16-18(17)15(13-21-16)9-11-22(4)5/h6-8,13,21H,9-12H2,1-5H3. The van der Waals surface area contributed by atoms with E-state index in [1.807, 2.05) is 38.5 Å². The van der Waals surface area contributed by atoms with E-state index in [2.05, 4.69) is 9.88 Å². The Labute approximate surface area is 154 Å². The number of aromatic amines is 1. The van der Waals surface area contributed by atoms with Crippen molar-refractivity contribution < 1.29 is 19.1 Å². The van der Waals surface area contributed by atoms with Gasteiger partial charge in [-0.15, -0.1) is 0 Å². The lowest BCUT2D eigenvalue weighted by atomic mass is 9.90. The largest absolute Gasteiger partial charge is 0.466 e. The van der Waals surface area contributed by atoms with Gasteiger partial charge in [-0.05, 0) is 58.5 Å². The summed E-state index contributed by atoms with van der Waals surface area (Å²) in [7, 11) is 4.06. The Balaban J connectivity index is 2.17. The molecule has 0 bridgehead atoms. The quantitative estimate of drug-likeness (QED) is 0.578. The van der Waals surface area contributed by atoms with Crippen LogP contribution in [0.15, 0.2) is 24.4 Å². The highest BCUT2D eigenvalue weighted by molar-refractivity contribution is 5.92. The third-order valence-electron chi connectivity index (χ3n) is 4.37. The van der Waals surface area contributed by atoms with Gasteiger partial charge < -0.3 is 19.4 Å². The molecule has 2 aromatic rings. The van der Waals surface area contributed by atoms with Gasteiger partial charge in [0.25, 0.3) is 0 Å². The molecule has 0 fully saturated rings. The van der Waals surface area contributed by atoms with Crippen LogP contribution in [0.5, 0.6) is 5.75 Å². The number of carbonyl (C=O) groups excluding carboxylic acids is 2. The maximum absolute atomic E-state index is 12.7. The van der Waals surface area contributed by atoms with Gasteiger partial charge >= 0.3 is 11.9 Å². The maximum atomic E-state index is 12.7. The summed E-state index contributed by atoms with van der Waals surface area (Å²) in [6, 6.07) is 5.65. The fourth-order valence-corrected chi connectivity index (χ4v) is 2.64. The number of esters is 2. The zero-order chi connectivity index (χ0) is 19.3. The molecule has 142 valence electrons. The number of nitrogens with zero attached hydrogens (tertiary/aromatic N) is 1. The Bertz CT molecular complexity index is 777. The zero-order valence-corrected chi connectivity index (χ0v) is 16.2. The Morgan fingerprint density at radius 1 is 1.23 bits per heavy atom. The van der Waals surface area contributed by atoms with Crippen molar-refractivity contribution in [1.29, 1.82) is 0 Å². The van der Waals surface area contributed by atoms with Crippen LogP contribution in [0.4, 0.5) is 0 Å². The van der Waals surface area contributed by atoms with Crippen molar-refractivity contribution in [3.8, 4) is 5.75 Å². The summed E-state index contributed by atoms with van der Waals surface area (Å²) >= 11 is 0. The number of fused-ring (bicyclic) bond motifs is 1. The second kappa shape index (κ2) is 8.36. The van der Waals surface area contributed by atoms with Gasteiger partial charge in [-0.1, -0.05) is 6.07 Å². The van der Waals surface area contributed by atoms with Crippen molar-refractivity contribution in [2.75, 3.05) is 27.2 Å². The molecule has 0 spiro atoms. The number of likely N-dealkylation sites (N-methyl/N-ethyl adjacent to an activating group) is 1. The first kappa shape index (κ1) is 20.0. The number of carbonyl (C=O) groups is 2. The van der Waals surface area contributed by atoms with E-state index in [0.29, 0.717) is 12.2 Å². The molecule has 0 amide bonds. The van der Waals surface area contributed by atoms with Gasteiger partial charge in [0.1, 0.15) is 5.75 Å². The highest BCUT2D eigenvalue weighted by Crippen LogP contribution is 2.32. The molecule has 0 atom stereocenters. The van der Waals surface area contributed by atoms with E-state index in [0.717, 1.165) is 29.4 Å². The Morgan fingerprint density at radius 3 is 2.62 bits per heavy atom. The fraction of sp³-hybridized carbons (Fsp3) is 0.500. The molecule has 0 aliphatic heterocycles. The zero-order valence-electron chi connectivity index (χ0n) is 16.2. The van der Waals surface area contributed by atoms with Crippen LogP contribution in [-0.2, 0) is 20.7 Å². The highest BCUT2D eigenvalue weighted by atomic mass is 16.5. The van der Waals surface area contributed by atoms with Crippen LogP contribution in [-0.4, -0.2) is 49.1 Å². The van der Waals surface area contributed by atoms with Crippen LogP contribution < -0.4 is 4.74 Å². The molecule has 0 saturated carbocycles. The Morgan fingerprint density at radius 2 is 1.96 bits per heavy atom. The first-order chi connectivity index (χ1) is 12.2. The maximum Gasteiger partial charge on any atom is 0.317 e. The lowest BCUT2D eigenvalue weighted by molar-refractivity contribution is -0.148. The lowest BCUT2D eigenvalue weighted by Gasteiger charge is -2.22. The SMILES string of the molecule is CC(=O)OCCC(C)(C)C(=O)Oc1cccc2[nH]cc(CCN(C)C)c12. The molecule has 6 heteroatoms. The van der Waals surface area contributed by atoms with Crippen LogP contribution >= 0.6 is 0 Å². The minimum Gasteiger partial charge on any atom is -0.466 e. The summed E-state index contributed by atoms with van der Waals surface area (Å²) in [6.07, 6.45) is 3.23. The Kier molecular flexibility index (Phi) is 6.42. The van der Waals surface area contributed by atoms with Gasteiger partial charge in [0, 0.05) is 30.6 Å². The van der Waals surface area contributed by atoms with Crippen molar-refractivity contribution in [2.45, 2.75) is 33.6 Å². The summed E-state index contributed by atoms with van der Waals surface area (Å²) in [4.78, 5) is 28.9. The minimum atomic E-state index is -0.752. The van der Waals surface area contributed by atoms with Gasteiger partial charge in [0.15, 0.2) is 0 Å². The molecule has 0 saturated heterocycles. The molecule has 2 rings (SSSR count). The molecule has 1 aromatic carbocycles. The van der Waals surface area contributed by atoms with Crippen molar-refractivity contribution in [1.82, 2.24) is 9.88 Å². The molecular formula is C20H28N2O4. The molecular weight excluding hydrogens is 332 g/mol. The number of aromatic nitrogens is 1. The van der Waals surface area contributed by atoms with Crippen LogP contribution in [0.1, 0.15) is 32.8 Å². The molecule has 1 heterocycles. The fourth-order valence-electron chi connectivity index (χ4n) is 2.64. The van der Waals surface area contributed by atoms with Crippen molar-refractivity contribution in [2.24, 2.45) is 5.41 Å². The van der Waals surface area contributed by atoms with Gasteiger partial charge in [0.05, 0.1) is 12.0 Å². The predicted molar refractivity (Wildman–Crippen MR) is 101 cm³/mol. The summed E-state index contributed by atoms with van der Waals surface area (Å²) < 4.78 is 10.7. The average Bonchev–Trinajstić information content (AvgIpc) is 2.96. The summed E-state index contributed by atoms with van der Waals surface area (Å²) in [5.74, 6) is -0.128. The molecule has 26 heavy (non-hydrogen) atoms. The first-order valence-electron chi connectivity index (χ1n) is 8.80. The third kappa shape index (κ3) is 5.08. The minimum absolute atomic E-state index is 0.194. The molecule has 0 aliphatic rings. The topological polar surface area (TPSA) is 71.6 Å². The molecule has 6 nitrogen and oxygen atoms in total. The van der Waals surface area contributed by atoms with Crippen molar-refractivity contribution in [3.63, 3.8) is 0 Å². The number of ether oxygens (including phenoxy) is 2. The van der Waals surface area contributed by atoms with Crippen LogP contribution in [0.2, 0.25) is 0 Å². The smallest absolute Gasteiger partial charge is 0.317 e. The van der Waals surface area contributed by atoms with Gasteiger partial charge in [0.2, 0.25) is 0 Å². The van der Waals surface area contributed by atoms with E-state index < -0.39 is 5.41 Å². The number of hydrogen-bond acceptors (Lipinski definition) is 5. The second-order valence-electron chi connectivity index (χ2n) is 7.41. The third-order valence-corrected chi connectivity index (χ3v) is 4.37. The van der Waals surface area contributed by atoms with Crippen LogP contribution in [0.25, 0.3) is 10.9 Å². The van der Waals surface area contributed by atoms with Crippen LogP contribution in [0, 0.1) is 5.41 Å². The van der Waals surface area contributed by atoms with Gasteiger partial charge in [-0.25, -0.2) is 0 Å². The molecule has 0 unspecified atom stereocenters. The van der Waals surface area contributed by atoms with E-state index in [1.165, 1.54) is 6.92 Å². The van der Waals surface area contributed by atoms with Crippen molar-refractivity contribution >= 4 is 22.8 Å². The highest BCUT2D eigenvalue weighted by Gasteiger charge is 2.30. The number of rotatable bonds is 8. The number of nitrogens with one attached hydrogen (secondary N) is 1. The summed E-state index contributed by atoms with van der Waals surface area (Å²) in [6.45, 7) is 6.04. The normalized spacial score (nSPS) is 11.8. The summed E-state index contributed by atoms with van der Waals surface area (Å²) in [5, 5.41) is 0.943. The molecule has 1 N–H and O–H groups in total.